The summed E-state index contributed by atoms with van der Waals surface area (Å²) in [6.07, 6.45) is -0.205. The minimum atomic E-state index is -2.99. The van der Waals surface area contributed by atoms with Gasteiger partial charge in [-0.1, -0.05) is 24.3 Å². The number of nitrogens with one attached hydrogen (secondary N) is 1. The van der Waals surface area contributed by atoms with Crippen LogP contribution in [0.5, 0.6) is 17.2 Å². The molecule has 1 aliphatic rings. The summed E-state index contributed by atoms with van der Waals surface area (Å²) < 4.78 is 15.4. The van der Waals surface area contributed by atoms with Crippen LogP contribution in [0.4, 0.5) is 0 Å². The molecule has 160 valence electrons. The molecule has 0 saturated carbocycles. The molecule has 0 amide bonds. The van der Waals surface area contributed by atoms with Crippen molar-refractivity contribution in [3.8, 4) is 17.2 Å². The van der Waals surface area contributed by atoms with Crippen molar-refractivity contribution in [3.05, 3.63) is 54.1 Å². The minimum Gasteiger partial charge on any atom is -0.542 e. The molecule has 0 aliphatic carbocycles. The van der Waals surface area contributed by atoms with Crippen LogP contribution in [0.1, 0.15) is 12.5 Å². The molecular weight excluding hydrogens is 440 g/mol. The summed E-state index contributed by atoms with van der Waals surface area (Å²) in [5.41, 5.74) is 0.750. The first kappa shape index (κ1) is 28.7. The molecule has 0 aromatic heterocycles. The van der Waals surface area contributed by atoms with Crippen molar-refractivity contribution in [1.82, 2.24) is 5.32 Å². The Kier molecular flexibility index (Phi) is 11.5. The molecule has 9 nitrogen and oxygen atoms in total. The van der Waals surface area contributed by atoms with Gasteiger partial charge in [-0.2, -0.15) is 0 Å². The van der Waals surface area contributed by atoms with Crippen LogP contribution in [0.15, 0.2) is 48.5 Å². The van der Waals surface area contributed by atoms with Crippen molar-refractivity contribution >= 4 is 11.9 Å². The molecule has 0 bridgehead atoms. The quantitative estimate of drug-likeness (QED) is 0.261. The number of hydrogen-bond acceptors (Lipinski definition) is 9. The van der Waals surface area contributed by atoms with Crippen molar-refractivity contribution in [2.24, 2.45) is 0 Å². The van der Waals surface area contributed by atoms with Gasteiger partial charge < -0.3 is 44.4 Å². The number of aliphatic hydroxyl groups is 1. The summed E-state index contributed by atoms with van der Waals surface area (Å²) in [5, 5.41) is 35.6. The molecule has 2 atom stereocenters. The van der Waals surface area contributed by atoms with E-state index < -0.39 is 23.8 Å². The number of rotatable bonds is 10. The van der Waals surface area contributed by atoms with Gasteiger partial charge in [0, 0.05) is 12.6 Å². The van der Waals surface area contributed by atoms with E-state index in [0.717, 1.165) is 5.56 Å². The fraction of sp³-hybridized carbons (Fsp3) is 0.333. The van der Waals surface area contributed by atoms with E-state index in [4.69, 9.17) is 14.2 Å². The second-order valence-corrected chi connectivity index (χ2v) is 6.97. The number of carboxylic acid groups (broad SMARTS) is 2. The molecule has 32 heavy (non-hydrogen) atoms. The minimum absolute atomic E-state index is 0. The first-order valence-corrected chi connectivity index (χ1v) is 9.33. The molecule has 0 spiro atoms. The van der Waals surface area contributed by atoms with Crippen LogP contribution in [0.2, 0.25) is 0 Å². The Morgan fingerprint density at radius 3 is 2.31 bits per heavy atom. The number of benzene rings is 2. The maximum Gasteiger partial charge on any atom is 1.00 e. The van der Waals surface area contributed by atoms with Crippen LogP contribution in [-0.2, 0) is 16.0 Å². The second kappa shape index (κ2) is 12.8. The first-order chi connectivity index (χ1) is 14.3. The average molecular weight is 461 g/mol. The number of carbonyl (C=O) groups is 2. The maximum absolute atomic E-state index is 11.2. The van der Waals surface area contributed by atoms with E-state index in [9.17, 15) is 24.9 Å². The molecule has 0 saturated heterocycles. The molecule has 2 N–H and O–H groups in total. The fourth-order valence-electron chi connectivity index (χ4n) is 2.96. The number of hydrogen-bond donors (Lipinski definition) is 2. The Hall–Kier alpha value is -1.30. The van der Waals surface area contributed by atoms with Gasteiger partial charge in [-0.05, 0) is 43.2 Å². The topological polar surface area (TPSA) is 140 Å². The monoisotopic (exact) mass is 461 g/mol. The van der Waals surface area contributed by atoms with Gasteiger partial charge in [0.1, 0.15) is 30.4 Å². The molecule has 0 fully saturated rings. The van der Waals surface area contributed by atoms with Crippen LogP contribution in [0, 0.1) is 0 Å². The predicted octanol–water partition coefficient (Wildman–Crippen LogP) is -7.38. The number of ether oxygens (including phenoxy) is 3. The predicted molar refractivity (Wildman–Crippen MR) is 99.6 cm³/mol. The number of aliphatic hydroxyl groups excluding tert-OH is 1. The van der Waals surface area contributed by atoms with E-state index >= 15 is 0 Å². The molecule has 1 aliphatic heterocycles. The number of carbonyl (C=O) groups excluding carboxylic acids is 2. The fourth-order valence-corrected chi connectivity index (χ4v) is 2.96. The Morgan fingerprint density at radius 1 is 1.06 bits per heavy atom. The third-order valence-electron chi connectivity index (χ3n) is 4.48. The Morgan fingerprint density at radius 2 is 1.69 bits per heavy atom. The van der Waals surface area contributed by atoms with Crippen LogP contribution >= 0.6 is 0 Å². The SMILES string of the molecule is CC(Cc1ccc2c(c1)OC(C(=O)[O-])(C(=O)[O-])O2)NCC(O)COc1ccccc1.[Na+].[Na+]. The van der Waals surface area contributed by atoms with E-state index in [1.165, 1.54) is 12.1 Å². The molecular formula is C21H21NNa2O8. The summed E-state index contributed by atoms with van der Waals surface area (Å²) in [6, 6.07) is 13.7. The van der Waals surface area contributed by atoms with Crippen molar-refractivity contribution in [1.29, 1.82) is 0 Å². The van der Waals surface area contributed by atoms with Gasteiger partial charge in [0.2, 0.25) is 0 Å². The standard InChI is InChI=1S/C21H23NO8.2Na/c1-13(22-11-15(23)12-28-16-5-3-2-4-6-16)9-14-7-8-17-18(10-14)30-21(29-17,19(24)25)20(26)27;;/h2-8,10,13,15,22-23H,9,11-12H2,1H3,(H,24,25)(H,26,27);;/q;2*+1/p-2. The molecule has 2 aromatic rings. The normalized spacial score (nSPS) is 14.9. The largest absolute Gasteiger partial charge is 1.00 e. The molecule has 0 radical (unpaired) electrons. The van der Waals surface area contributed by atoms with Gasteiger partial charge in [-0.15, -0.1) is 0 Å². The molecule has 2 aromatic carbocycles. The summed E-state index contributed by atoms with van der Waals surface area (Å²) in [7, 11) is 0. The van der Waals surface area contributed by atoms with Gasteiger partial charge in [-0.3, -0.25) is 0 Å². The summed E-state index contributed by atoms with van der Waals surface area (Å²) in [6.45, 7) is 2.35. The number of aliphatic carboxylic acids is 2. The first-order valence-electron chi connectivity index (χ1n) is 9.33. The zero-order valence-corrected chi connectivity index (χ0v) is 22.2. The number of para-hydroxylation sites is 1. The number of fused-ring (bicyclic) bond motifs is 1. The van der Waals surface area contributed by atoms with Crippen LogP contribution < -0.4 is 88.9 Å². The van der Waals surface area contributed by atoms with Crippen molar-refractivity contribution in [2.45, 2.75) is 31.3 Å². The van der Waals surface area contributed by atoms with Crippen LogP contribution in [0.25, 0.3) is 0 Å². The number of carboxylic acids is 2. The molecule has 1 heterocycles. The van der Waals surface area contributed by atoms with E-state index in [-0.39, 0.29) is 83.3 Å². The van der Waals surface area contributed by atoms with Gasteiger partial charge in [0.25, 0.3) is 0 Å². The van der Waals surface area contributed by atoms with Crippen molar-refractivity contribution in [2.75, 3.05) is 13.2 Å². The average Bonchev–Trinajstić information content (AvgIpc) is 3.12. The molecule has 2 unspecified atom stereocenters. The Labute approximate surface area is 229 Å². The Balaban J connectivity index is 0.00000256. The Bertz CT molecular complexity index is 898. The van der Waals surface area contributed by atoms with Gasteiger partial charge in [0.05, 0.1) is 0 Å². The zero-order chi connectivity index (χ0) is 21.7. The summed E-state index contributed by atoms with van der Waals surface area (Å²) in [5.74, 6) is -6.47. The summed E-state index contributed by atoms with van der Waals surface area (Å²) >= 11 is 0. The van der Waals surface area contributed by atoms with Gasteiger partial charge in [-0.25, -0.2) is 0 Å². The smallest absolute Gasteiger partial charge is 0.542 e. The van der Waals surface area contributed by atoms with Crippen LogP contribution in [0.3, 0.4) is 0 Å². The van der Waals surface area contributed by atoms with Gasteiger partial charge >= 0.3 is 64.9 Å². The van der Waals surface area contributed by atoms with E-state index in [1.54, 1.807) is 18.2 Å². The molecule has 11 heteroatoms. The maximum atomic E-state index is 11.2. The van der Waals surface area contributed by atoms with E-state index in [0.29, 0.717) is 18.7 Å². The second-order valence-electron chi connectivity index (χ2n) is 6.97. The van der Waals surface area contributed by atoms with E-state index in [2.05, 4.69) is 5.32 Å². The van der Waals surface area contributed by atoms with Crippen LogP contribution in [-0.4, -0.2) is 48.1 Å². The van der Waals surface area contributed by atoms with Crippen molar-refractivity contribution < 1.29 is 98.2 Å². The zero-order valence-electron chi connectivity index (χ0n) is 18.2. The molecule has 3 rings (SSSR count). The summed E-state index contributed by atoms with van der Waals surface area (Å²) in [4.78, 5) is 22.3. The van der Waals surface area contributed by atoms with Gasteiger partial charge in [0.15, 0.2) is 11.5 Å². The third kappa shape index (κ3) is 7.10. The van der Waals surface area contributed by atoms with Crippen molar-refractivity contribution in [3.63, 3.8) is 0 Å². The third-order valence-corrected chi connectivity index (χ3v) is 4.48. The van der Waals surface area contributed by atoms with E-state index in [1.807, 2.05) is 25.1 Å².